The summed E-state index contributed by atoms with van der Waals surface area (Å²) in [5, 5.41) is 61.5. The third-order valence-electron chi connectivity index (χ3n) is 25.0. The molecule has 29 nitrogen and oxygen atoms in total. The third-order valence-corrected chi connectivity index (χ3v) is 28.0. The van der Waals surface area contributed by atoms with E-state index >= 15 is 0 Å². The van der Waals surface area contributed by atoms with Crippen LogP contribution in [0.1, 0.15) is 128 Å². The molecule has 580 valence electrons. The summed E-state index contributed by atoms with van der Waals surface area (Å²) in [7, 11) is 9.66. The average molecular weight is 1560 g/mol. The van der Waals surface area contributed by atoms with Gasteiger partial charge in [-0.15, -0.1) is 23.5 Å². The number of thioether (sulfide) groups is 2. The Balaban J connectivity index is 0.000000161. The number of nitriles is 2. The summed E-state index contributed by atoms with van der Waals surface area (Å²) in [4.78, 5) is 92.4. The maximum Gasteiger partial charge on any atom is 0.331 e. The predicted octanol–water partition coefficient (Wildman–Crippen LogP) is 6.80. The zero-order valence-corrected chi connectivity index (χ0v) is 64.6. The van der Waals surface area contributed by atoms with Gasteiger partial charge in [-0.3, -0.25) is 49.4 Å². The lowest BCUT2D eigenvalue weighted by Crippen LogP contribution is -2.73. The topological polar surface area (TPSA) is 358 Å². The van der Waals surface area contributed by atoms with Gasteiger partial charge in [-0.2, -0.15) is 10.5 Å². The molecule has 20 rings (SSSR count). The van der Waals surface area contributed by atoms with Crippen molar-refractivity contribution in [2.45, 2.75) is 149 Å². The van der Waals surface area contributed by atoms with Gasteiger partial charge < -0.3 is 72.2 Å². The first-order valence-corrected chi connectivity index (χ1v) is 38.8. The Kier molecular flexibility index (Phi) is 18.1. The number of methoxy groups -OCH3 is 4. The van der Waals surface area contributed by atoms with Crippen LogP contribution in [0.4, 0.5) is 0 Å². The fourth-order valence-corrected chi connectivity index (χ4v) is 23.8. The largest absolute Gasteiger partial charge is 0.504 e. The van der Waals surface area contributed by atoms with E-state index < -0.39 is 106 Å². The molecule has 5 N–H and O–H groups in total. The fraction of sp³-hybridized carbons (Fsp3) is 0.475. The second-order valence-electron chi connectivity index (χ2n) is 30.2. The van der Waals surface area contributed by atoms with E-state index in [9.17, 15) is 54.6 Å². The Morgan fingerprint density at radius 3 is 1.50 bits per heavy atom. The van der Waals surface area contributed by atoms with E-state index in [1.165, 1.54) is 65.8 Å². The summed E-state index contributed by atoms with van der Waals surface area (Å²) in [6, 6.07) is 7.38. The van der Waals surface area contributed by atoms with Gasteiger partial charge in [0.1, 0.15) is 36.8 Å². The van der Waals surface area contributed by atoms with Gasteiger partial charge >= 0.3 is 23.9 Å². The number of phenolic OH excluding ortho intramolecular Hbond substituents is 3. The summed E-state index contributed by atoms with van der Waals surface area (Å²) < 4.78 is 71.8. The summed E-state index contributed by atoms with van der Waals surface area (Å²) in [5.41, 5.74) is 6.88. The number of carbonyl (C=O) groups is 6. The van der Waals surface area contributed by atoms with Crippen molar-refractivity contribution in [2.75, 3.05) is 93.9 Å². The van der Waals surface area contributed by atoms with Crippen LogP contribution in [-0.2, 0) is 73.3 Å². The van der Waals surface area contributed by atoms with Gasteiger partial charge in [-0.25, -0.2) is 9.59 Å². The van der Waals surface area contributed by atoms with Crippen LogP contribution in [0.25, 0.3) is 0 Å². The van der Waals surface area contributed by atoms with Crippen LogP contribution in [0.15, 0.2) is 52.8 Å². The van der Waals surface area contributed by atoms with Gasteiger partial charge in [0.25, 0.3) is 0 Å². The van der Waals surface area contributed by atoms with Crippen molar-refractivity contribution in [3.05, 3.63) is 125 Å². The first kappa shape index (κ1) is 73.8. The van der Waals surface area contributed by atoms with Crippen molar-refractivity contribution in [1.29, 1.82) is 10.5 Å². The number of piperazine rings is 2. The van der Waals surface area contributed by atoms with E-state index in [4.69, 9.17) is 56.8 Å². The molecule has 2 unspecified atom stereocenters. The van der Waals surface area contributed by atoms with Gasteiger partial charge in [0.05, 0.1) is 75.2 Å². The summed E-state index contributed by atoms with van der Waals surface area (Å²) >= 11 is 2.87. The van der Waals surface area contributed by atoms with Gasteiger partial charge in [0.2, 0.25) is 19.4 Å². The molecule has 5 aromatic carbocycles. The van der Waals surface area contributed by atoms with Crippen LogP contribution < -0.4 is 53.3 Å². The number of rotatable bonds is 6. The third kappa shape index (κ3) is 10.5. The quantitative estimate of drug-likeness (QED) is 0.0663. The number of esters is 4. The number of aromatic hydroxyl groups is 3. The molecule has 0 aromatic heterocycles. The Hall–Kier alpha value is -9.96. The number of likely N-dealkylation sites (N-methyl/N-ethyl adjacent to an activating group) is 2. The number of hydrogen-bond acceptors (Lipinski definition) is 31. The molecule has 111 heavy (non-hydrogen) atoms. The van der Waals surface area contributed by atoms with Gasteiger partial charge in [0.15, 0.2) is 80.1 Å². The Labute approximate surface area is 646 Å². The summed E-state index contributed by atoms with van der Waals surface area (Å²) in [6.07, 6.45) is 1.72. The summed E-state index contributed by atoms with van der Waals surface area (Å²) in [6.45, 7) is 9.99. The van der Waals surface area contributed by atoms with Gasteiger partial charge in [0, 0.05) is 118 Å². The number of allylic oxidation sites excluding steroid dienone is 2. The molecule has 8 bridgehead atoms. The number of hydrogen-bond donors (Lipinski definition) is 5. The van der Waals surface area contributed by atoms with Crippen LogP contribution in [0.3, 0.4) is 0 Å². The second-order valence-corrected chi connectivity index (χ2v) is 32.5. The molecule has 14 aliphatic heterocycles. The van der Waals surface area contributed by atoms with Crippen LogP contribution >= 0.6 is 23.5 Å². The maximum absolute atomic E-state index is 14.7. The molecule has 2 spiro atoms. The van der Waals surface area contributed by atoms with E-state index in [2.05, 4.69) is 32.6 Å². The first-order chi connectivity index (χ1) is 53.3. The standard InChI is InChI=1S/C40H40N4O11S.C40H42N4O10S/c1-16-32(47)20-10-22-23(12-41)44-24-13-52-39(49)40(21-11-26(50-5)25(46)9-19(21)7-8-42-40)14-56-38(31(44)30(43(22)4)27(20)33(48)35(16)51-6)29-28(24)37-36(53-15-54-37)17(2)34(29)55-18(3)45;1-17-9-21-10-23-24(13-41)44-25-14-51-39(48)40(22-12-27(49-5)26(46)11-20(22)7-8-42-40)15-55-38(32(44)31(43(23)4)28(21)33(47)34(17)50-6)30-29(25)37-36(52-16-53-37)18(2)35(30)54-19(3)45/h9,11,22-24,30-31,38,42,46H,7-8,10,13-15H2,1-6H3;9,11-12,23-25,31-32,38,42,46-47H,7-8,10,14-16H2,1-6H3/t22-,23-,24-,30+,31?,38+,40+;23-,24-,25-,31+,32?,38+,40+/m00/s1. The molecule has 31 heteroatoms. The highest BCUT2D eigenvalue weighted by molar-refractivity contribution is 7.99. The zero-order valence-electron chi connectivity index (χ0n) is 63.0. The minimum atomic E-state index is -1.43. The zero-order chi connectivity index (χ0) is 78.2. The minimum Gasteiger partial charge on any atom is -0.504 e. The van der Waals surface area contributed by atoms with E-state index in [0.29, 0.717) is 128 Å². The number of nitrogens with one attached hydrogen (secondary N) is 2. The van der Waals surface area contributed by atoms with Gasteiger partial charge in [-0.05, 0) is 125 Å². The molecule has 4 saturated heterocycles. The minimum absolute atomic E-state index is 0.0239. The van der Waals surface area contributed by atoms with Crippen LogP contribution in [-0.4, -0.2) is 207 Å². The number of ketones is 2. The van der Waals surface area contributed by atoms with Crippen molar-refractivity contribution in [3.8, 4) is 81.1 Å². The number of nitrogens with zero attached hydrogens (tertiary/aromatic N) is 6. The average Bonchev–Trinajstić information content (AvgIpc) is 1.68. The normalized spacial score (nSPS) is 29.7. The Bertz CT molecular complexity index is 5130. The summed E-state index contributed by atoms with van der Waals surface area (Å²) in [5.74, 6) is 0.364. The predicted molar refractivity (Wildman–Crippen MR) is 395 cm³/mol. The first-order valence-electron chi connectivity index (χ1n) is 36.7. The lowest BCUT2D eigenvalue weighted by molar-refractivity contribution is -0.158. The lowest BCUT2D eigenvalue weighted by Gasteiger charge is -2.62. The molecule has 0 radical (unpaired) electrons. The molecular weight excluding hydrogens is 1470 g/mol. The van der Waals surface area contributed by atoms with E-state index in [1.807, 2.05) is 43.8 Å². The monoisotopic (exact) mass is 1550 g/mol. The van der Waals surface area contributed by atoms with Crippen LogP contribution in [0.2, 0.25) is 0 Å². The van der Waals surface area contributed by atoms with Crippen molar-refractivity contribution in [1.82, 2.24) is 30.2 Å². The smallest absolute Gasteiger partial charge is 0.331 e. The molecule has 4 fully saturated rings. The number of ether oxygens (including phenoxy) is 12. The molecule has 14 heterocycles. The fourth-order valence-electron chi connectivity index (χ4n) is 20.4. The van der Waals surface area contributed by atoms with Crippen molar-refractivity contribution >= 4 is 59.0 Å². The molecule has 0 saturated carbocycles. The SMILES string of the molecule is COC1=C(C)C(=O)C2=C(C1=O)[C@@H]1C3[C@@H]4SC[C@]5(NCCc6cc(O)c(OC)cc65)C(=O)OC[C@@H](c5c6c(c(C)c(OC(C)=O)c54)OCO6)N3[C@@H](C#N)[C@H](C2)N1C.COc1cc2c(cc1O)CCN[C@]21CS[C@@H]2c3c(OC(C)=O)c(C)c4c(c3[C@H](COC1=O)N1C2[C@H]2c3c(cc(C)c(OC)c3O)C[C@@H]([C@@H]1C#N)N2C)OCO4. The Morgan fingerprint density at radius 2 is 1.04 bits per heavy atom. The number of benzene rings is 5. The van der Waals surface area contributed by atoms with Crippen molar-refractivity contribution in [2.24, 2.45) is 0 Å². The maximum atomic E-state index is 14.7. The number of Topliss-reactive ketones (excluding diaryl/α,β-unsaturated/α-hetero) is 2. The van der Waals surface area contributed by atoms with E-state index in [1.54, 1.807) is 38.1 Å². The highest BCUT2D eigenvalue weighted by atomic mass is 32.2. The molecule has 15 aliphatic rings. The van der Waals surface area contributed by atoms with Crippen LogP contribution in [0.5, 0.6) is 69.0 Å². The molecule has 1 aliphatic carbocycles. The number of carbonyl (C=O) groups excluding carboxylic acids is 6. The van der Waals surface area contributed by atoms with Crippen LogP contribution in [0, 0.1) is 43.4 Å². The highest BCUT2D eigenvalue weighted by Crippen LogP contribution is 2.67. The Morgan fingerprint density at radius 1 is 0.568 bits per heavy atom. The molecule has 5 aromatic rings. The molecule has 0 amide bonds. The van der Waals surface area contributed by atoms with Gasteiger partial charge in [-0.1, -0.05) is 6.07 Å². The van der Waals surface area contributed by atoms with E-state index in [0.717, 1.165) is 22.3 Å². The van der Waals surface area contributed by atoms with Crippen molar-refractivity contribution in [3.63, 3.8) is 0 Å². The molecule has 14 atom stereocenters. The lowest BCUT2D eigenvalue weighted by atomic mass is 9.68. The number of fused-ring (bicyclic) bond motifs is 17. The van der Waals surface area contributed by atoms with Crippen molar-refractivity contribution < 1.29 is 101 Å². The molecular formula is C80H82N8O21S2. The highest BCUT2D eigenvalue weighted by Gasteiger charge is 2.66. The number of phenols is 3. The number of aryl methyl sites for hydroxylation is 1. The second kappa shape index (κ2) is 27.2. The van der Waals surface area contributed by atoms with E-state index in [-0.39, 0.29) is 102 Å².